The number of amides is 1. The van der Waals surface area contributed by atoms with Gasteiger partial charge in [0.1, 0.15) is 0 Å². The lowest BCUT2D eigenvalue weighted by Crippen LogP contribution is -2.49. The van der Waals surface area contributed by atoms with Gasteiger partial charge in [-0.3, -0.25) is 9.59 Å². The van der Waals surface area contributed by atoms with E-state index in [0.717, 1.165) is 0 Å². The molecular formula is C13H24N2O3. The molecule has 0 spiro atoms. The fraction of sp³-hybridized carbons (Fsp3) is 0.846. The molecule has 1 aliphatic heterocycles. The van der Waals surface area contributed by atoms with Crippen LogP contribution in [0, 0.1) is 11.8 Å². The zero-order chi connectivity index (χ0) is 13.7. The summed E-state index contributed by atoms with van der Waals surface area (Å²) in [5, 5.41) is 0. The van der Waals surface area contributed by atoms with Gasteiger partial charge in [-0.25, -0.2) is 0 Å². The molecule has 18 heavy (non-hydrogen) atoms. The molecular weight excluding hydrogens is 232 g/mol. The third kappa shape index (κ3) is 3.70. The number of likely N-dealkylation sites (tertiary alicyclic amines) is 1. The van der Waals surface area contributed by atoms with Crippen LogP contribution in [0.5, 0.6) is 0 Å². The van der Waals surface area contributed by atoms with Crippen molar-refractivity contribution < 1.29 is 14.3 Å². The van der Waals surface area contributed by atoms with Gasteiger partial charge in [0, 0.05) is 13.1 Å². The van der Waals surface area contributed by atoms with Gasteiger partial charge in [-0.1, -0.05) is 13.8 Å². The minimum atomic E-state index is -0.441. The quantitative estimate of drug-likeness (QED) is 0.754. The first-order chi connectivity index (χ1) is 8.47. The molecule has 2 N–H and O–H groups in total. The van der Waals surface area contributed by atoms with Gasteiger partial charge in [0.05, 0.1) is 18.6 Å². The standard InChI is InChI=1S/C13H24N2O3/c1-4-18-13(17)10-5-7-15(8-6-10)12(16)11(14)9(2)3/h9-11H,4-8,14H2,1-3H3. The maximum absolute atomic E-state index is 12.0. The molecule has 1 fully saturated rings. The summed E-state index contributed by atoms with van der Waals surface area (Å²) in [5.74, 6) is -0.0744. The Balaban J connectivity index is 2.44. The third-order valence-electron chi connectivity index (χ3n) is 3.43. The molecule has 104 valence electrons. The molecule has 1 atom stereocenters. The van der Waals surface area contributed by atoms with Gasteiger partial charge in [-0.2, -0.15) is 0 Å². The molecule has 5 nitrogen and oxygen atoms in total. The molecule has 1 unspecified atom stereocenters. The van der Waals surface area contributed by atoms with E-state index >= 15 is 0 Å². The fourth-order valence-corrected chi connectivity index (χ4v) is 2.09. The second-order valence-electron chi connectivity index (χ2n) is 5.12. The molecule has 0 saturated carbocycles. The van der Waals surface area contributed by atoms with E-state index in [1.165, 1.54) is 0 Å². The average Bonchev–Trinajstić information content (AvgIpc) is 2.37. The maximum Gasteiger partial charge on any atom is 0.309 e. The predicted molar refractivity (Wildman–Crippen MR) is 68.8 cm³/mol. The predicted octanol–water partition coefficient (Wildman–Crippen LogP) is 0.771. The molecule has 0 aromatic rings. The minimum Gasteiger partial charge on any atom is -0.466 e. The molecule has 0 aliphatic carbocycles. The molecule has 1 amide bonds. The number of carbonyl (C=O) groups excluding carboxylic acids is 2. The Morgan fingerprint density at radius 2 is 1.89 bits per heavy atom. The smallest absolute Gasteiger partial charge is 0.309 e. The van der Waals surface area contributed by atoms with Gasteiger partial charge in [0.2, 0.25) is 5.91 Å². The summed E-state index contributed by atoms with van der Waals surface area (Å²) < 4.78 is 5.00. The van der Waals surface area contributed by atoms with Crippen molar-refractivity contribution in [3.05, 3.63) is 0 Å². The van der Waals surface area contributed by atoms with Crippen molar-refractivity contribution in [1.29, 1.82) is 0 Å². The van der Waals surface area contributed by atoms with Crippen molar-refractivity contribution in [2.45, 2.75) is 39.7 Å². The highest BCUT2D eigenvalue weighted by Gasteiger charge is 2.30. The molecule has 1 aliphatic rings. The summed E-state index contributed by atoms with van der Waals surface area (Å²) in [7, 11) is 0. The number of esters is 1. The van der Waals surface area contributed by atoms with Gasteiger partial charge >= 0.3 is 5.97 Å². The van der Waals surface area contributed by atoms with Gasteiger partial charge in [-0.15, -0.1) is 0 Å². The van der Waals surface area contributed by atoms with Crippen molar-refractivity contribution >= 4 is 11.9 Å². The van der Waals surface area contributed by atoms with Gasteiger partial charge in [-0.05, 0) is 25.7 Å². The van der Waals surface area contributed by atoms with E-state index < -0.39 is 6.04 Å². The van der Waals surface area contributed by atoms with Crippen LogP contribution in [0.4, 0.5) is 0 Å². The van der Waals surface area contributed by atoms with E-state index in [0.29, 0.717) is 32.5 Å². The van der Waals surface area contributed by atoms with E-state index in [2.05, 4.69) is 0 Å². The van der Waals surface area contributed by atoms with E-state index in [1.54, 1.807) is 11.8 Å². The first-order valence-corrected chi connectivity index (χ1v) is 6.68. The van der Waals surface area contributed by atoms with Crippen LogP contribution in [-0.4, -0.2) is 42.5 Å². The summed E-state index contributed by atoms with van der Waals surface area (Å²) >= 11 is 0. The number of hydrogen-bond acceptors (Lipinski definition) is 4. The highest BCUT2D eigenvalue weighted by molar-refractivity contribution is 5.82. The lowest BCUT2D eigenvalue weighted by molar-refractivity contribution is -0.151. The van der Waals surface area contributed by atoms with E-state index in [9.17, 15) is 9.59 Å². The number of nitrogens with zero attached hydrogens (tertiary/aromatic N) is 1. The van der Waals surface area contributed by atoms with Gasteiger partial charge in [0.25, 0.3) is 0 Å². The molecule has 0 aromatic carbocycles. The number of piperidine rings is 1. The van der Waals surface area contributed by atoms with E-state index in [-0.39, 0.29) is 23.7 Å². The molecule has 0 aromatic heterocycles. The van der Waals surface area contributed by atoms with Crippen LogP contribution in [0.3, 0.4) is 0 Å². The molecule has 1 saturated heterocycles. The Bertz CT molecular complexity index is 297. The minimum absolute atomic E-state index is 0.00712. The van der Waals surface area contributed by atoms with Crippen LogP contribution in [0.2, 0.25) is 0 Å². The normalized spacial score (nSPS) is 18.8. The Morgan fingerprint density at radius 3 is 2.33 bits per heavy atom. The summed E-state index contributed by atoms with van der Waals surface area (Å²) in [6, 6.07) is -0.441. The summed E-state index contributed by atoms with van der Waals surface area (Å²) in [6.45, 7) is 7.29. The van der Waals surface area contributed by atoms with Crippen molar-refractivity contribution in [3.8, 4) is 0 Å². The van der Waals surface area contributed by atoms with Gasteiger partial charge in [0.15, 0.2) is 0 Å². The summed E-state index contributed by atoms with van der Waals surface area (Å²) in [4.78, 5) is 25.4. The van der Waals surface area contributed by atoms with Crippen molar-refractivity contribution in [3.63, 3.8) is 0 Å². The number of nitrogens with two attached hydrogens (primary N) is 1. The monoisotopic (exact) mass is 256 g/mol. The SMILES string of the molecule is CCOC(=O)C1CCN(C(=O)C(N)C(C)C)CC1. The van der Waals surface area contributed by atoms with E-state index in [1.807, 2.05) is 13.8 Å². The maximum atomic E-state index is 12.0. The highest BCUT2D eigenvalue weighted by Crippen LogP contribution is 2.19. The number of carbonyl (C=O) groups is 2. The van der Waals surface area contributed by atoms with Crippen LogP contribution in [0.25, 0.3) is 0 Å². The van der Waals surface area contributed by atoms with Crippen molar-refractivity contribution in [1.82, 2.24) is 4.90 Å². The van der Waals surface area contributed by atoms with Gasteiger partial charge < -0.3 is 15.4 Å². The topological polar surface area (TPSA) is 72.6 Å². The zero-order valence-electron chi connectivity index (χ0n) is 11.5. The Kier molecular flexibility index (Phi) is 5.59. The third-order valence-corrected chi connectivity index (χ3v) is 3.43. The second kappa shape index (κ2) is 6.73. The second-order valence-corrected chi connectivity index (χ2v) is 5.12. The lowest BCUT2D eigenvalue weighted by atomic mass is 9.95. The first kappa shape index (κ1) is 15.0. The number of rotatable bonds is 4. The van der Waals surface area contributed by atoms with Crippen LogP contribution in [-0.2, 0) is 14.3 Å². The summed E-state index contributed by atoms with van der Waals surface area (Å²) in [6.07, 6.45) is 1.35. The number of hydrogen-bond donors (Lipinski definition) is 1. The highest BCUT2D eigenvalue weighted by atomic mass is 16.5. The van der Waals surface area contributed by atoms with Crippen molar-refractivity contribution in [2.24, 2.45) is 17.6 Å². The van der Waals surface area contributed by atoms with Crippen LogP contribution < -0.4 is 5.73 Å². The molecule has 1 rings (SSSR count). The fourth-order valence-electron chi connectivity index (χ4n) is 2.09. The Hall–Kier alpha value is -1.10. The van der Waals surface area contributed by atoms with Crippen LogP contribution in [0.1, 0.15) is 33.6 Å². The average molecular weight is 256 g/mol. The molecule has 0 bridgehead atoms. The molecule has 0 radical (unpaired) electrons. The van der Waals surface area contributed by atoms with Crippen LogP contribution >= 0.6 is 0 Å². The first-order valence-electron chi connectivity index (χ1n) is 6.68. The summed E-state index contributed by atoms with van der Waals surface area (Å²) in [5.41, 5.74) is 5.85. The number of ether oxygens (including phenoxy) is 1. The Morgan fingerprint density at radius 1 is 1.33 bits per heavy atom. The zero-order valence-corrected chi connectivity index (χ0v) is 11.5. The van der Waals surface area contributed by atoms with Crippen molar-refractivity contribution in [2.75, 3.05) is 19.7 Å². The Labute approximate surface area is 109 Å². The largest absolute Gasteiger partial charge is 0.466 e. The van der Waals surface area contributed by atoms with E-state index in [4.69, 9.17) is 10.5 Å². The molecule has 5 heteroatoms. The van der Waals surface area contributed by atoms with Crippen LogP contribution in [0.15, 0.2) is 0 Å². The molecule has 1 heterocycles. The lowest BCUT2D eigenvalue weighted by Gasteiger charge is -2.33.